The third-order valence-corrected chi connectivity index (χ3v) is 4.83. The van der Waals surface area contributed by atoms with Crippen LogP contribution in [0.1, 0.15) is 16.1 Å². The summed E-state index contributed by atoms with van der Waals surface area (Å²) >= 11 is 1.36. The molecule has 7 heteroatoms. The second-order valence-corrected chi connectivity index (χ2v) is 6.87. The van der Waals surface area contributed by atoms with E-state index in [-0.39, 0.29) is 18.0 Å². The zero-order valence-corrected chi connectivity index (χ0v) is 15.2. The van der Waals surface area contributed by atoms with Gasteiger partial charge in [0, 0.05) is 28.3 Å². The van der Waals surface area contributed by atoms with E-state index in [0.29, 0.717) is 21.8 Å². The summed E-state index contributed by atoms with van der Waals surface area (Å²) in [5, 5.41) is 16.4. The lowest BCUT2D eigenvalue weighted by molar-refractivity contribution is -0.385. The molecule has 3 aromatic rings. The largest absolute Gasteiger partial charge is 0.325 e. The number of nitrogens with zero attached hydrogens (tertiary/aromatic N) is 2. The normalized spacial score (nSPS) is 10.5. The van der Waals surface area contributed by atoms with Gasteiger partial charge in [0.2, 0.25) is 5.91 Å². The van der Waals surface area contributed by atoms with Gasteiger partial charge < -0.3 is 5.32 Å². The summed E-state index contributed by atoms with van der Waals surface area (Å²) in [7, 11) is 0. The molecule has 1 aromatic heterocycles. The third kappa shape index (κ3) is 3.94. The average molecular weight is 367 g/mol. The molecule has 3 rings (SSSR count). The highest BCUT2D eigenvalue weighted by Crippen LogP contribution is 2.28. The number of para-hydroxylation sites is 1. The maximum absolute atomic E-state index is 12.2. The van der Waals surface area contributed by atoms with Crippen molar-refractivity contribution in [1.82, 2.24) is 4.98 Å². The van der Waals surface area contributed by atoms with Crippen LogP contribution in [-0.2, 0) is 11.2 Å². The van der Waals surface area contributed by atoms with Crippen LogP contribution in [0.25, 0.3) is 11.3 Å². The van der Waals surface area contributed by atoms with E-state index in [2.05, 4.69) is 10.3 Å². The fourth-order valence-corrected chi connectivity index (χ4v) is 3.34. The Morgan fingerprint density at radius 3 is 2.69 bits per heavy atom. The Hall–Kier alpha value is -3.06. The number of hydrogen-bond donors (Lipinski definition) is 1. The Labute approximate surface area is 154 Å². The van der Waals surface area contributed by atoms with Gasteiger partial charge in [-0.05, 0) is 25.5 Å². The lowest BCUT2D eigenvalue weighted by atomic mass is 10.1. The molecule has 0 aliphatic heterocycles. The zero-order valence-electron chi connectivity index (χ0n) is 14.4. The van der Waals surface area contributed by atoms with Crippen molar-refractivity contribution in [2.75, 3.05) is 5.32 Å². The molecule has 0 bridgehead atoms. The first-order valence-electron chi connectivity index (χ1n) is 7.99. The Morgan fingerprint density at radius 2 is 1.96 bits per heavy atom. The molecule has 1 heterocycles. The molecule has 6 nitrogen and oxygen atoms in total. The summed E-state index contributed by atoms with van der Waals surface area (Å²) in [6, 6.07) is 12.6. The number of anilines is 1. The van der Waals surface area contributed by atoms with Crippen molar-refractivity contribution in [1.29, 1.82) is 0 Å². The van der Waals surface area contributed by atoms with Crippen LogP contribution in [-0.4, -0.2) is 15.8 Å². The van der Waals surface area contributed by atoms with Crippen molar-refractivity contribution in [2.45, 2.75) is 20.3 Å². The van der Waals surface area contributed by atoms with Crippen LogP contribution in [0.4, 0.5) is 11.4 Å². The van der Waals surface area contributed by atoms with Crippen LogP contribution < -0.4 is 5.32 Å². The number of nitro groups is 1. The predicted octanol–water partition coefficient (Wildman–Crippen LogP) is 4.52. The number of aromatic nitrogens is 1. The minimum absolute atomic E-state index is 0.0642. The Balaban J connectivity index is 1.74. The number of benzene rings is 2. The van der Waals surface area contributed by atoms with Gasteiger partial charge in [0.1, 0.15) is 5.01 Å². The van der Waals surface area contributed by atoms with Gasteiger partial charge in [-0.1, -0.05) is 30.3 Å². The van der Waals surface area contributed by atoms with E-state index in [9.17, 15) is 14.9 Å². The summed E-state index contributed by atoms with van der Waals surface area (Å²) in [5.41, 5.74) is 3.75. The molecule has 0 fully saturated rings. The fourth-order valence-electron chi connectivity index (χ4n) is 2.53. The second kappa shape index (κ2) is 7.45. The van der Waals surface area contributed by atoms with E-state index in [1.807, 2.05) is 36.6 Å². The first-order valence-corrected chi connectivity index (χ1v) is 8.87. The molecular weight excluding hydrogens is 350 g/mol. The van der Waals surface area contributed by atoms with E-state index in [4.69, 9.17) is 0 Å². The number of thiazole rings is 1. The van der Waals surface area contributed by atoms with E-state index in [0.717, 1.165) is 11.3 Å². The van der Waals surface area contributed by atoms with Crippen LogP contribution in [0.5, 0.6) is 0 Å². The molecule has 1 amide bonds. The number of nitrogens with one attached hydrogen (secondary N) is 1. The zero-order chi connectivity index (χ0) is 18.7. The predicted molar refractivity (Wildman–Crippen MR) is 102 cm³/mol. The van der Waals surface area contributed by atoms with Gasteiger partial charge >= 0.3 is 0 Å². The van der Waals surface area contributed by atoms with Gasteiger partial charge in [-0.3, -0.25) is 14.9 Å². The van der Waals surface area contributed by atoms with Crippen LogP contribution in [0.15, 0.2) is 47.8 Å². The van der Waals surface area contributed by atoms with Crippen molar-refractivity contribution in [3.8, 4) is 11.3 Å². The average Bonchev–Trinajstić information content (AvgIpc) is 3.05. The van der Waals surface area contributed by atoms with Crippen molar-refractivity contribution in [3.05, 3.63) is 74.1 Å². The first kappa shape index (κ1) is 17.8. The standard InChI is InChI=1S/C19H17N3O3S/c1-12-5-3-4-6-15(12)20-18(23)10-19-21-16(11-26-19)14-8-7-13(2)17(9-14)22(24)25/h3-9,11H,10H2,1-2H3,(H,20,23). The number of amides is 1. The molecule has 132 valence electrons. The van der Waals surface area contributed by atoms with Gasteiger partial charge in [-0.25, -0.2) is 4.98 Å². The SMILES string of the molecule is Cc1ccccc1NC(=O)Cc1nc(-c2ccc(C)c([N+](=O)[O-])c2)cs1. The molecule has 0 atom stereocenters. The van der Waals surface area contributed by atoms with Crippen molar-refractivity contribution in [2.24, 2.45) is 0 Å². The monoisotopic (exact) mass is 367 g/mol. The first-order chi connectivity index (χ1) is 12.4. The van der Waals surface area contributed by atoms with Gasteiger partial charge in [0.15, 0.2) is 0 Å². The van der Waals surface area contributed by atoms with Gasteiger partial charge in [0.05, 0.1) is 17.0 Å². The molecule has 0 spiro atoms. The Bertz CT molecular complexity index is 982. The van der Waals surface area contributed by atoms with Crippen molar-refractivity contribution < 1.29 is 9.72 Å². The van der Waals surface area contributed by atoms with Gasteiger partial charge in [0.25, 0.3) is 5.69 Å². The molecule has 0 aliphatic carbocycles. The topological polar surface area (TPSA) is 85.1 Å². The minimum Gasteiger partial charge on any atom is -0.325 e. The summed E-state index contributed by atoms with van der Waals surface area (Å²) in [6.07, 6.45) is 0.160. The lowest BCUT2D eigenvalue weighted by Crippen LogP contribution is -2.14. The molecule has 2 aromatic carbocycles. The summed E-state index contributed by atoms with van der Waals surface area (Å²) in [5.74, 6) is -0.143. The highest BCUT2D eigenvalue weighted by molar-refractivity contribution is 7.10. The molecule has 26 heavy (non-hydrogen) atoms. The number of hydrogen-bond acceptors (Lipinski definition) is 5. The molecule has 0 aliphatic rings. The van der Waals surface area contributed by atoms with E-state index in [1.54, 1.807) is 19.1 Å². The second-order valence-electron chi connectivity index (χ2n) is 5.92. The maximum atomic E-state index is 12.2. The summed E-state index contributed by atoms with van der Waals surface area (Å²) in [4.78, 5) is 27.4. The van der Waals surface area contributed by atoms with Crippen molar-refractivity contribution in [3.63, 3.8) is 0 Å². The fraction of sp³-hybridized carbons (Fsp3) is 0.158. The van der Waals surface area contributed by atoms with Crippen LogP contribution >= 0.6 is 11.3 Å². The van der Waals surface area contributed by atoms with Crippen LogP contribution in [0.3, 0.4) is 0 Å². The van der Waals surface area contributed by atoms with E-state index in [1.165, 1.54) is 17.4 Å². The van der Waals surface area contributed by atoms with Gasteiger partial charge in [-0.2, -0.15) is 0 Å². The molecule has 0 radical (unpaired) electrons. The smallest absolute Gasteiger partial charge is 0.272 e. The molecule has 0 saturated carbocycles. The lowest BCUT2D eigenvalue weighted by Gasteiger charge is -2.06. The van der Waals surface area contributed by atoms with Crippen molar-refractivity contribution >= 4 is 28.6 Å². The molecule has 0 saturated heterocycles. The van der Waals surface area contributed by atoms with Crippen LogP contribution in [0.2, 0.25) is 0 Å². The van der Waals surface area contributed by atoms with E-state index < -0.39 is 4.92 Å². The third-order valence-electron chi connectivity index (χ3n) is 3.98. The van der Waals surface area contributed by atoms with E-state index >= 15 is 0 Å². The number of rotatable bonds is 5. The minimum atomic E-state index is -0.401. The number of nitro benzene ring substituents is 1. The maximum Gasteiger partial charge on any atom is 0.272 e. The Morgan fingerprint density at radius 1 is 1.19 bits per heavy atom. The highest BCUT2D eigenvalue weighted by Gasteiger charge is 2.15. The number of carbonyl (C=O) groups excluding carboxylic acids is 1. The van der Waals surface area contributed by atoms with Crippen LogP contribution in [0, 0.1) is 24.0 Å². The number of aryl methyl sites for hydroxylation is 2. The molecular formula is C19H17N3O3S. The number of carbonyl (C=O) groups is 1. The Kier molecular flexibility index (Phi) is 5.09. The quantitative estimate of drug-likeness (QED) is 0.531. The highest BCUT2D eigenvalue weighted by atomic mass is 32.1. The summed E-state index contributed by atoms with van der Waals surface area (Å²) in [6.45, 7) is 3.63. The molecule has 1 N–H and O–H groups in total. The molecule has 0 unspecified atom stereocenters. The summed E-state index contributed by atoms with van der Waals surface area (Å²) < 4.78 is 0. The van der Waals surface area contributed by atoms with Gasteiger partial charge in [-0.15, -0.1) is 11.3 Å².